The van der Waals surface area contributed by atoms with E-state index in [4.69, 9.17) is 5.11 Å². The monoisotopic (exact) mass is 348 g/mol. The summed E-state index contributed by atoms with van der Waals surface area (Å²) in [5, 5.41) is 9.01. The highest BCUT2D eigenvalue weighted by Crippen LogP contribution is 2.31. The molecule has 2 heterocycles. The van der Waals surface area contributed by atoms with Crippen LogP contribution in [-0.2, 0) is 9.59 Å². The highest BCUT2D eigenvalue weighted by atomic mass is 19.1. The molecule has 0 radical (unpaired) electrons. The second kappa shape index (κ2) is 7.52. The lowest BCUT2D eigenvalue weighted by Gasteiger charge is -2.27. The molecule has 0 aliphatic carbocycles. The summed E-state index contributed by atoms with van der Waals surface area (Å²) in [4.78, 5) is 28.5. The van der Waals surface area contributed by atoms with Gasteiger partial charge in [0.1, 0.15) is 5.82 Å². The number of hydrogen-bond acceptors (Lipinski definition) is 3. The number of anilines is 1. The van der Waals surface area contributed by atoms with Gasteiger partial charge in [0.05, 0.1) is 11.6 Å². The molecule has 5 nitrogen and oxygen atoms in total. The van der Waals surface area contributed by atoms with E-state index < -0.39 is 11.7 Å². The first kappa shape index (κ1) is 17.9. The van der Waals surface area contributed by atoms with Gasteiger partial charge >= 0.3 is 0 Å². The molecule has 25 heavy (non-hydrogen) atoms. The van der Waals surface area contributed by atoms with Crippen LogP contribution in [0, 0.1) is 18.7 Å². The predicted molar refractivity (Wildman–Crippen MR) is 92.7 cm³/mol. The molecule has 1 N–H and O–H groups in total. The number of carbonyl (C=O) groups excluding carboxylic acids is 2. The van der Waals surface area contributed by atoms with E-state index in [2.05, 4.69) is 0 Å². The first-order valence-corrected chi connectivity index (χ1v) is 8.99. The summed E-state index contributed by atoms with van der Waals surface area (Å²) in [5.41, 5.74) is 1.05. The third-order valence-electron chi connectivity index (χ3n) is 5.22. The first-order valence-electron chi connectivity index (χ1n) is 8.99. The number of benzene rings is 1. The molecule has 136 valence electrons. The fourth-order valence-electron chi connectivity index (χ4n) is 3.92. The Balaban J connectivity index is 1.70. The number of aryl methyl sites for hydroxylation is 1. The van der Waals surface area contributed by atoms with Crippen molar-refractivity contribution in [2.45, 2.75) is 45.1 Å². The minimum absolute atomic E-state index is 0.0104. The number of aliphatic hydroxyl groups excluding tert-OH is 1. The SMILES string of the molecule is Cc1ccc(N2CC(C(=O)N3CCCC3CCCO)CC2=O)c(F)c1. The number of likely N-dealkylation sites (tertiary alicyclic amines) is 1. The molecular weight excluding hydrogens is 323 g/mol. The quantitative estimate of drug-likeness (QED) is 0.888. The lowest BCUT2D eigenvalue weighted by atomic mass is 10.0. The van der Waals surface area contributed by atoms with Gasteiger partial charge in [-0.1, -0.05) is 6.07 Å². The molecule has 2 unspecified atom stereocenters. The van der Waals surface area contributed by atoms with Crippen molar-refractivity contribution in [1.29, 1.82) is 0 Å². The number of amides is 2. The Hall–Kier alpha value is -1.95. The Labute approximate surface area is 147 Å². The number of carbonyl (C=O) groups is 2. The van der Waals surface area contributed by atoms with E-state index in [1.54, 1.807) is 19.1 Å². The summed E-state index contributed by atoms with van der Waals surface area (Å²) in [6.07, 6.45) is 3.51. The van der Waals surface area contributed by atoms with E-state index in [-0.39, 0.29) is 43.1 Å². The number of hydrogen-bond donors (Lipinski definition) is 1. The normalized spacial score (nSPS) is 23.6. The molecule has 1 aromatic rings. The van der Waals surface area contributed by atoms with Crippen molar-refractivity contribution < 1.29 is 19.1 Å². The Morgan fingerprint density at radius 2 is 2.20 bits per heavy atom. The predicted octanol–water partition coefficient (Wildman–Crippen LogP) is 2.25. The third kappa shape index (κ3) is 3.68. The van der Waals surface area contributed by atoms with E-state index in [1.165, 1.54) is 11.0 Å². The number of halogens is 1. The van der Waals surface area contributed by atoms with Crippen LogP contribution in [0.2, 0.25) is 0 Å². The van der Waals surface area contributed by atoms with Gasteiger partial charge in [0, 0.05) is 32.2 Å². The largest absolute Gasteiger partial charge is 0.396 e. The van der Waals surface area contributed by atoms with Gasteiger partial charge in [0.25, 0.3) is 0 Å². The van der Waals surface area contributed by atoms with Gasteiger partial charge in [0.2, 0.25) is 11.8 Å². The summed E-state index contributed by atoms with van der Waals surface area (Å²) in [6.45, 7) is 2.87. The Morgan fingerprint density at radius 3 is 2.92 bits per heavy atom. The zero-order valence-electron chi connectivity index (χ0n) is 14.6. The highest BCUT2D eigenvalue weighted by molar-refractivity contribution is 6.00. The van der Waals surface area contributed by atoms with Crippen LogP contribution in [0.4, 0.5) is 10.1 Å². The Morgan fingerprint density at radius 1 is 1.40 bits per heavy atom. The average molecular weight is 348 g/mol. The summed E-state index contributed by atoms with van der Waals surface area (Å²) in [7, 11) is 0. The van der Waals surface area contributed by atoms with Gasteiger partial charge in [0.15, 0.2) is 0 Å². The molecule has 2 amide bonds. The Kier molecular flexibility index (Phi) is 5.37. The molecule has 0 spiro atoms. The van der Waals surface area contributed by atoms with Crippen molar-refractivity contribution >= 4 is 17.5 Å². The molecule has 0 saturated carbocycles. The van der Waals surface area contributed by atoms with Crippen LogP contribution >= 0.6 is 0 Å². The lowest BCUT2D eigenvalue weighted by molar-refractivity contribution is -0.136. The molecule has 2 aliphatic rings. The molecule has 2 atom stereocenters. The maximum atomic E-state index is 14.2. The summed E-state index contributed by atoms with van der Waals surface area (Å²) >= 11 is 0. The van der Waals surface area contributed by atoms with Crippen molar-refractivity contribution in [3.8, 4) is 0 Å². The summed E-state index contributed by atoms with van der Waals surface area (Å²) < 4.78 is 14.2. The van der Waals surface area contributed by atoms with E-state index in [1.807, 2.05) is 4.90 Å². The maximum absolute atomic E-state index is 14.2. The minimum Gasteiger partial charge on any atom is -0.396 e. The average Bonchev–Trinajstić information content (AvgIpc) is 3.19. The zero-order valence-corrected chi connectivity index (χ0v) is 14.6. The van der Waals surface area contributed by atoms with Crippen LogP contribution in [-0.4, -0.2) is 47.6 Å². The van der Waals surface area contributed by atoms with Crippen molar-refractivity contribution in [1.82, 2.24) is 4.90 Å². The fourth-order valence-corrected chi connectivity index (χ4v) is 3.92. The molecule has 3 rings (SSSR count). The van der Waals surface area contributed by atoms with E-state index in [0.29, 0.717) is 13.0 Å². The zero-order chi connectivity index (χ0) is 18.0. The van der Waals surface area contributed by atoms with Gasteiger partial charge in [-0.3, -0.25) is 9.59 Å². The van der Waals surface area contributed by atoms with Gasteiger partial charge in [-0.2, -0.15) is 0 Å². The molecule has 1 aromatic carbocycles. The first-order chi connectivity index (χ1) is 12.0. The van der Waals surface area contributed by atoms with Gasteiger partial charge in [-0.05, 0) is 50.3 Å². The molecule has 2 fully saturated rings. The van der Waals surface area contributed by atoms with Gasteiger partial charge < -0.3 is 14.9 Å². The lowest BCUT2D eigenvalue weighted by Crippen LogP contribution is -2.40. The highest BCUT2D eigenvalue weighted by Gasteiger charge is 2.40. The van der Waals surface area contributed by atoms with Crippen LogP contribution < -0.4 is 4.90 Å². The summed E-state index contributed by atoms with van der Waals surface area (Å²) in [5.74, 6) is -1.05. The van der Waals surface area contributed by atoms with Crippen LogP contribution in [0.15, 0.2) is 18.2 Å². The van der Waals surface area contributed by atoms with Crippen molar-refractivity contribution in [2.24, 2.45) is 5.92 Å². The van der Waals surface area contributed by atoms with E-state index in [0.717, 1.165) is 24.8 Å². The van der Waals surface area contributed by atoms with E-state index >= 15 is 0 Å². The number of nitrogens with zero attached hydrogens (tertiary/aromatic N) is 2. The van der Waals surface area contributed by atoms with E-state index in [9.17, 15) is 14.0 Å². The third-order valence-corrected chi connectivity index (χ3v) is 5.22. The minimum atomic E-state index is -0.427. The molecular formula is C19H25FN2O3. The standard InChI is InChI=1S/C19H25FN2O3/c1-13-6-7-17(16(20)10-13)22-12-14(11-18(22)24)19(25)21-8-2-4-15(21)5-3-9-23/h6-7,10,14-15,23H,2-5,8-9,11-12H2,1H3. The second-order valence-corrected chi connectivity index (χ2v) is 7.05. The van der Waals surface area contributed by atoms with Gasteiger partial charge in [-0.15, -0.1) is 0 Å². The Bertz CT molecular complexity index is 664. The number of aliphatic hydroxyl groups is 1. The second-order valence-electron chi connectivity index (χ2n) is 7.05. The van der Waals surface area contributed by atoms with Crippen molar-refractivity contribution in [2.75, 3.05) is 24.6 Å². The topological polar surface area (TPSA) is 60.9 Å². The molecule has 2 saturated heterocycles. The van der Waals surface area contributed by atoms with Crippen LogP contribution in [0.25, 0.3) is 0 Å². The van der Waals surface area contributed by atoms with Crippen LogP contribution in [0.3, 0.4) is 0 Å². The van der Waals surface area contributed by atoms with Crippen molar-refractivity contribution in [3.63, 3.8) is 0 Å². The van der Waals surface area contributed by atoms with Crippen LogP contribution in [0.1, 0.15) is 37.7 Å². The fraction of sp³-hybridized carbons (Fsp3) is 0.579. The molecule has 0 bridgehead atoms. The molecule has 6 heteroatoms. The summed E-state index contributed by atoms with van der Waals surface area (Å²) in [6, 6.07) is 4.94. The smallest absolute Gasteiger partial charge is 0.228 e. The van der Waals surface area contributed by atoms with Crippen LogP contribution in [0.5, 0.6) is 0 Å². The molecule has 2 aliphatic heterocycles. The molecule has 0 aromatic heterocycles. The van der Waals surface area contributed by atoms with Crippen molar-refractivity contribution in [3.05, 3.63) is 29.6 Å². The maximum Gasteiger partial charge on any atom is 0.228 e. The number of rotatable bonds is 5. The van der Waals surface area contributed by atoms with Gasteiger partial charge in [-0.25, -0.2) is 4.39 Å².